The van der Waals surface area contributed by atoms with Gasteiger partial charge in [0.05, 0.1) is 16.3 Å². The van der Waals surface area contributed by atoms with Crippen molar-refractivity contribution in [3.05, 3.63) is 63.7 Å². The zero-order valence-electron chi connectivity index (χ0n) is 17.2. The van der Waals surface area contributed by atoms with Crippen LogP contribution in [0, 0.1) is 11.7 Å². The highest BCUT2D eigenvalue weighted by atomic mass is 35.5. The minimum atomic E-state index is -0.586. The lowest BCUT2D eigenvalue weighted by Crippen LogP contribution is -2.38. The second-order valence-corrected chi connectivity index (χ2v) is 9.09. The number of thiazole rings is 1. The van der Waals surface area contributed by atoms with Crippen LogP contribution in [0.4, 0.5) is 4.39 Å². The number of nitrogens with zero attached hydrogens (tertiary/aromatic N) is 3. The van der Waals surface area contributed by atoms with Crippen LogP contribution in [-0.4, -0.2) is 41.3 Å². The van der Waals surface area contributed by atoms with E-state index < -0.39 is 6.10 Å². The van der Waals surface area contributed by atoms with Gasteiger partial charge >= 0.3 is 0 Å². The Labute approximate surface area is 203 Å². The molecule has 4 nitrogen and oxygen atoms in total. The van der Waals surface area contributed by atoms with Gasteiger partial charge in [-0.05, 0) is 67.7 Å². The standard InChI is InChI=1S/C22H25ClFN3OS.2ClH/c1-25-22-27(19-7-4-17(23)12-21(19)29-22)13-15-8-10-26(11-9-15)14-20(28)16-2-5-18(24)6-3-16;;/h2-7,12,15,20,28H,8-11,13-14H2,1H3;2*1H/t20-;;/m1../s1. The lowest BCUT2D eigenvalue weighted by Gasteiger charge is -2.33. The van der Waals surface area contributed by atoms with Crippen molar-refractivity contribution in [3.8, 4) is 0 Å². The van der Waals surface area contributed by atoms with Crippen molar-refractivity contribution in [1.29, 1.82) is 0 Å². The highest BCUT2D eigenvalue weighted by Gasteiger charge is 2.23. The fraction of sp³-hybridized carbons (Fsp3) is 0.409. The van der Waals surface area contributed by atoms with E-state index in [2.05, 4.69) is 20.5 Å². The first-order valence-corrected chi connectivity index (χ1v) is 11.1. The van der Waals surface area contributed by atoms with Gasteiger partial charge in [-0.25, -0.2) is 4.39 Å². The molecular weight excluding hydrogens is 480 g/mol. The summed E-state index contributed by atoms with van der Waals surface area (Å²) < 4.78 is 16.5. The molecule has 1 aliphatic heterocycles. The summed E-state index contributed by atoms with van der Waals surface area (Å²) in [4.78, 5) is 7.79. The first kappa shape index (κ1) is 26.1. The Bertz CT molecular complexity index is 1050. The van der Waals surface area contributed by atoms with Gasteiger partial charge in [-0.15, -0.1) is 24.8 Å². The van der Waals surface area contributed by atoms with Gasteiger partial charge in [-0.3, -0.25) is 4.99 Å². The van der Waals surface area contributed by atoms with Crippen molar-refractivity contribution < 1.29 is 9.50 Å². The van der Waals surface area contributed by atoms with Gasteiger partial charge in [0.2, 0.25) is 0 Å². The molecular formula is C22H27Cl3FN3OS. The third-order valence-electron chi connectivity index (χ3n) is 5.67. The Hall–Kier alpha value is -1.15. The topological polar surface area (TPSA) is 40.8 Å². The summed E-state index contributed by atoms with van der Waals surface area (Å²) in [7, 11) is 1.84. The number of aliphatic hydroxyl groups excluding tert-OH is 1. The lowest BCUT2D eigenvalue weighted by atomic mass is 9.96. The van der Waals surface area contributed by atoms with Crippen LogP contribution in [0.1, 0.15) is 24.5 Å². The van der Waals surface area contributed by atoms with Crippen molar-refractivity contribution in [3.63, 3.8) is 0 Å². The van der Waals surface area contributed by atoms with Crippen LogP contribution < -0.4 is 4.80 Å². The normalized spacial score (nSPS) is 16.7. The number of halogens is 4. The number of piperidine rings is 1. The number of β-amino-alcohol motifs (C(OH)–C–C–N with tert-alkyl or cyclic N) is 1. The zero-order valence-corrected chi connectivity index (χ0v) is 20.4. The number of aromatic nitrogens is 1. The molecule has 0 radical (unpaired) electrons. The maximum Gasteiger partial charge on any atom is 0.185 e. The monoisotopic (exact) mass is 505 g/mol. The quantitative estimate of drug-likeness (QED) is 0.509. The van der Waals surface area contributed by atoms with E-state index in [4.69, 9.17) is 11.6 Å². The van der Waals surface area contributed by atoms with E-state index in [1.54, 1.807) is 23.5 Å². The second-order valence-electron chi connectivity index (χ2n) is 7.64. The molecule has 0 spiro atoms. The summed E-state index contributed by atoms with van der Waals surface area (Å²) in [5.74, 6) is 0.300. The molecule has 0 saturated carbocycles. The fourth-order valence-corrected chi connectivity index (χ4v) is 5.31. The van der Waals surface area contributed by atoms with E-state index >= 15 is 0 Å². The summed E-state index contributed by atoms with van der Waals surface area (Å²) in [5.41, 5.74) is 1.95. The minimum Gasteiger partial charge on any atom is -0.387 e. The molecule has 0 bridgehead atoms. The van der Waals surface area contributed by atoms with Crippen LogP contribution in [0.3, 0.4) is 0 Å². The number of hydrogen-bond donors (Lipinski definition) is 1. The molecule has 170 valence electrons. The molecule has 1 N–H and O–H groups in total. The Morgan fingerprint density at radius 3 is 2.48 bits per heavy atom. The molecule has 1 atom stereocenters. The Balaban J connectivity index is 0.00000171. The molecule has 0 amide bonds. The maximum atomic E-state index is 13.1. The average Bonchev–Trinajstić information content (AvgIpc) is 3.06. The number of benzene rings is 2. The third-order valence-corrected chi connectivity index (χ3v) is 7.04. The second kappa shape index (κ2) is 11.6. The molecule has 9 heteroatoms. The first-order chi connectivity index (χ1) is 14.0. The Morgan fingerprint density at radius 2 is 1.84 bits per heavy atom. The van der Waals surface area contributed by atoms with Gasteiger partial charge in [-0.1, -0.05) is 35.1 Å². The number of hydrogen-bond acceptors (Lipinski definition) is 4. The Morgan fingerprint density at radius 1 is 1.16 bits per heavy atom. The highest BCUT2D eigenvalue weighted by molar-refractivity contribution is 7.16. The first-order valence-electron chi connectivity index (χ1n) is 9.91. The number of rotatable bonds is 5. The summed E-state index contributed by atoms with van der Waals surface area (Å²) in [6.45, 7) is 3.44. The molecule has 1 saturated heterocycles. The van der Waals surface area contributed by atoms with Crippen molar-refractivity contribution in [1.82, 2.24) is 9.47 Å². The van der Waals surface area contributed by atoms with Gasteiger partial charge in [-0.2, -0.15) is 0 Å². The number of aliphatic hydroxyl groups is 1. The summed E-state index contributed by atoms with van der Waals surface area (Å²) >= 11 is 7.82. The molecule has 31 heavy (non-hydrogen) atoms. The molecule has 4 rings (SSSR count). The van der Waals surface area contributed by atoms with E-state index in [-0.39, 0.29) is 30.6 Å². The largest absolute Gasteiger partial charge is 0.387 e. The Kier molecular flexibility index (Phi) is 9.80. The van der Waals surface area contributed by atoms with Crippen LogP contribution in [-0.2, 0) is 6.54 Å². The van der Waals surface area contributed by atoms with Crippen LogP contribution in [0.15, 0.2) is 47.5 Å². The fourth-order valence-electron chi connectivity index (χ4n) is 4.04. The molecule has 0 unspecified atom stereocenters. The van der Waals surface area contributed by atoms with E-state index in [1.807, 2.05) is 19.2 Å². The van der Waals surface area contributed by atoms with Crippen molar-refractivity contribution in [2.24, 2.45) is 10.9 Å². The molecule has 2 heterocycles. The number of likely N-dealkylation sites (tertiary alicyclic amines) is 1. The predicted molar refractivity (Wildman–Crippen MR) is 131 cm³/mol. The predicted octanol–water partition coefficient (Wildman–Crippen LogP) is 5.32. The highest BCUT2D eigenvalue weighted by Crippen LogP contribution is 2.26. The van der Waals surface area contributed by atoms with Crippen LogP contribution in [0.5, 0.6) is 0 Å². The van der Waals surface area contributed by atoms with E-state index in [0.29, 0.717) is 12.5 Å². The summed E-state index contributed by atoms with van der Waals surface area (Å²) in [5, 5.41) is 11.2. The molecule has 0 aliphatic carbocycles. The zero-order chi connectivity index (χ0) is 20.4. The average molecular weight is 507 g/mol. The van der Waals surface area contributed by atoms with Gasteiger partial charge in [0.1, 0.15) is 5.82 Å². The van der Waals surface area contributed by atoms with Crippen molar-refractivity contribution in [2.75, 3.05) is 26.7 Å². The van der Waals surface area contributed by atoms with Gasteiger partial charge in [0, 0.05) is 25.2 Å². The van der Waals surface area contributed by atoms with E-state index in [9.17, 15) is 9.50 Å². The van der Waals surface area contributed by atoms with Crippen molar-refractivity contribution in [2.45, 2.75) is 25.5 Å². The van der Waals surface area contributed by atoms with Crippen LogP contribution in [0.25, 0.3) is 10.2 Å². The van der Waals surface area contributed by atoms with E-state index in [0.717, 1.165) is 52.6 Å². The number of fused-ring (bicyclic) bond motifs is 1. The van der Waals surface area contributed by atoms with Crippen molar-refractivity contribution >= 4 is 58.0 Å². The lowest BCUT2D eigenvalue weighted by molar-refractivity contribution is 0.0867. The minimum absolute atomic E-state index is 0. The molecule has 1 aliphatic rings. The van der Waals surface area contributed by atoms with Crippen LogP contribution in [0.2, 0.25) is 5.02 Å². The summed E-state index contributed by atoms with van der Waals surface area (Å²) in [6, 6.07) is 12.1. The molecule has 2 aromatic carbocycles. The molecule has 3 aromatic rings. The smallest absolute Gasteiger partial charge is 0.185 e. The SMILES string of the molecule is CN=c1sc2cc(Cl)ccc2n1CC1CCN(C[C@@H](O)c2ccc(F)cc2)CC1.Cl.Cl. The third kappa shape index (κ3) is 6.21. The van der Waals surface area contributed by atoms with Gasteiger partial charge in [0.15, 0.2) is 4.80 Å². The van der Waals surface area contributed by atoms with E-state index in [1.165, 1.54) is 17.6 Å². The maximum absolute atomic E-state index is 13.1. The van der Waals surface area contributed by atoms with Crippen LogP contribution >= 0.6 is 47.8 Å². The van der Waals surface area contributed by atoms with Gasteiger partial charge < -0.3 is 14.6 Å². The summed E-state index contributed by atoms with van der Waals surface area (Å²) in [6.07, 6.45) is 1.58. The molecule has 1 fully saturated rings. The molecule has 1 aromatic heterocycles. The van der Waals surface area contributed by atoms with Gasteiger partial charge in [0.25, 0.3) is 0 Å².